The van der Waals surface area contributed by atoms with Crippen LogP contribution in [-0.2, 0) is 6.54 Å². The zero-order valence-electron chi connectivity index (χ0n) is 23.1. The average molecular weight is 553 g/mol. The Morgan fingerprint density at radius 1 is 0.902 bits per heavy atom. The van der Waals surface area contributed by atoms with Gasteiger partial charge in [-0.3, -0.25) is 14.4 Å². The zero-order chi connectivity index (χ0) is 28.8. The van der Waals surface area contributed by atoms with E-state index in [1.54, 1.807) is 72.5 Å². The molecule has 3 amide bonds. The van der Waals surface area contributed by atoms with Gasteiger partial charge in [0.05, 0.1) is 18.9 Å². The first-order valence-corrected chi connectivity index (χ1v) is 13.4. The number of nitrogens with zero attached hydrogens (tertiary/aromatic N) is 3. The molecule has 9 nitrogen and oxygen atoms in total. The van der Waals surface area contributed by atoms with Crippen LogP contribution in [0.1, 0.15) is 36.8 Å². The lowest BCUT2D eigenvalue weighted by atomic mass is 10.1. The Balaban J connectivity index is 1.38. The molecule has 41 heavy (non-hydrogen) atoms. The first kappa shape index (κ1) is 27.5. The summed E-state index contributed by atoms with van der Waals surface area (Å²) in [7, 11) is 3.31. The van der Waals surface area contributed by atoms with E-state index in [1.165, 1.54) is 6.26 Å². The van der Waals surface area contributed by atoms with Crippen molar-refractivity contribution in [1.29, 1.82) is 0 Å². The maximum absolute atomic E-state index is 13.8. The van der Waals surface area contributed by atoms with Gasteiger partial charge < -0.3 is 29.2 Å². The molecule has 0 saturated carbocycles. The molecule has 0 unspecified atom stereocenters. The molecule has 0 spiro atoms. The number of furan rings is 1. The van der Waals surface area contributed by atoms with Gasteiger partial charge in [0.25, 0.3) is 17.7 Å². The highest BCUT2D eigenvalue weighted by atomic mass is 16.5. The van der Waals surface area contributed by atoms with Gasteiger partial charge >= 0.3 is 0 Å². The van der Waals surface area contributed by atoms with Crippen molar-refractivity contribution in [2.24, 2.45) is 0 Å². The maximum atomic E-state index is 13.8. The van der Waals surface area contributed by atoms with E-state index in [1.807, 2.05) is 36.4 Å². The van der Waals surface area contributed by atoms with Crippen LogP contribution in [0.3, 0.4) is 0 Å². The van der Waals surface area contributed by atoms with Crippen molar-refractivity contribution < 1.29 is 23.5 Å². The molecule has 210 valence electrons. The summed E-state index contributed by atoms with van der Waals surface area (Å²) in [6.45, 7) is 2.50. The number of amides is 3. The van der Waals surface area contributed by atoms with Crippen molar-refractivity contribution in [2.45, 2.75) is 6.54 Å². The third-order valence-corrected chi connectivity index (χ3v) is 7.07. The lowest BCUT2D eigenvalue weighted by Gasteiger charge is -2.37. The third-order valence-electron chi connectivity index (χ3n) is 7.07. The molecule has 3 aromatic carbocycles. The average Bonchev–Trinajstić information content (AvgIpc) is 3.56. The summed E-state index contributed by atoms with van der Waals surface area (Å²) in [4.78, 5) is 45.1. The van der Waals surface area contributed by atoms with Crippen LogP contribution in [0.2, 0.25) is 0 Å². The summed E-state index contributed by atoms with van der Waals surface area (Å²) in [5.74, 6) is 0.265. The third kappa shape index (κ3) is 6.41. The van der Waals surface area contributed by atoms with Crippen molar-refractivity contribution in [3.63, 3.8) is 0 Å². The number of carbonyl (C=O) groups is 3. The van der Waals surface area contributed by atoms with E-state index < -0.39 is 0 Å². The minimum Gasteiger partial charge on any atom is -0.497 e. The van der Waals surface area contributed by atoms with E-state index in [-0.39, 0.29) is 17.7 Å². The quantitative estimate of drug-likeness (QED) is 0.338. The van der Waals surface area contributed by atoms with Crippen LogP contribution in [0, 0.1) is 0 Å². The van der Waals surface area contributed by atoms with Crippen LogP contribution in [0.4, 0.5) is 11.4 Å². The Bertz CT molecular complexity index is 1510. The van der Waals surface area contributed by atoms with Crippen molar-refractivity contribution >= 4 is 29.1 Å². The molecule has 1 saturated heterocycles. The van der Waals surface area contributed by atoms with E-state index in [0.29, 0.717) is 61.0 Å². The molecular weight excluding hydrogens is 520 g/mol. The number of anilines is 2. The van der Waals surface area contributed by atoms with Gasteiger partial charge in [0.2, 0.25) is 0 Å². The number of hydrogen-bond donors (Lipinski definition) is 1. The Morgan fingerprint density at radius 2 is 1.68 bits per heavy atom. The number of carbonyl (C=O) groups excluding carboxylic acids is 3. The molecule has 9 heteroatoms. The smallest absolute Gasteiger partial charge is 0.289 e. The van der Waals surface area contributed by atoms with Gasteiger partial charge in [0.15, 0.2) is 5.76 Å². The van der Waals surface area contributed by atoms with Crippen LogP contribution in [-0.4, -0.2) is 67.9 Å². The highest BCUT2D eigenvalue weighted by molar-refractivity contribution is 6.06. The Hall–Kier alpha value is -5.05. The molecule has 1 fully saturated rings. The van der Waals surface area contributed by atoms with Gasteiger partial charge in [-0.25, -0.2) is 0 Å². The van der Waals surface area contributed by atoms with Gasteiger partial charge in [-0.15, -0.1) is 0 Å². The molecule has 0 radical (unpaired) electrons. The summed E-state index contributed by atoms with van der Waals surface area (Å²) in [6, 6.07) is 25.4. The summed E-state index contributed by atoms with van der Waals surface area (Å²) < 4.78 is 10.5. The lowest BCUT2D eigenvalue weighted by Crippen LogP contribution is -2.49. The largest absolute Gasteiger partial charge is 0.497 e. The van der Waals surface area contributed by atoms with Crippen LogP contribution in [0.5, 0.6) is 5.75 Å². The Kier molecular flexibility index (Phi) is 8.34. The fraction of sp³-hybridized carbons (Fsp3) is 0.219. The number of hydrogen-bond acceptors (Lipinski definition) is 6. The standard InChI is InChI=1S/C32H32N4O5/c1-34(22-23-8-4-3-5-9-23)31(38)27-21-25(33-30(37)24-10-6-11-26(20-24)40-2)13-14-28(27)35-15-17-36(18-16-35)32(39)29-12-7-19-41-29/h3-14,19-21H,15-18,22H2,1-2H3,(H,33,37). The second-order valence-corrected chi connectivity index (χ2v) is 9.82. The molecule has 1 aromatic heterocycles. The molecule has 5 rings (SSSR count). The SMILES string of the molecule is COc1cccc(C(=O)Nc2ccc(N3CCN(C(=O)c4ccco4)CC3)c(C(=O)N(C)Cc3ccccc3)c2)c1. The summed E-state index contributed by atoms with van der Waals surface area (Å²) in [5, 5.41) is 2.91. The van der Waals surface area contributed by atoms with Crippen molar-refractivity contribution in [3.8, 4) is 5.75 Å². The Morgan fingerprint density at radius 3 is 2.39 bits per heavy atom. The van der Waals surface area contributed by atoms with Gasteiger partial charge in [-0.05, 0) is 54.1 Å². The number of ether oxygens (including phenoxy) is 1. The summed E-state index contributed by atoms with van der Waals surface area (Å²) >= 11 is 0. The molecule has 0 bridgehead atoms. The van der Waals surface area contributed by atoms with Crippen molar-refractivity contribution in [1.82, 2.24) is 9.80 Å². The van der Waals surface area contributed by atoms with Crippen LogP contribution < -0.4 is 15.0 Å². The zero-order valence-corrected chi connectivity index (χ0v) is 23.1. The second kappa shape index (κ2) is 12.4. The van der Waals surface area contributed by atoms with Crippen LogP contribution in [0.25, 0.3) is 0 Å². The number of piperazine rings is 1. The molecular formula is C32H32N4O5. The first-order valence-electron chi connectivity index (χ1n) is 13.4. The monoisotopic (exact) mass is 552 g/mol. The number of nitrogens with one attached hydrogen (secondary N) is 1. The van der Waals surface area contributed by atoms with E-state index in [9.17, 15) is 14.4 Å². The predicted octanol–water partition coefficient (Wildman–Crippen LogP) is 4.78. The molecule has 1 aliphatic rings. The molecule has 0 aliphatic carbocycles. The van der Waals surface area contributed by atoms with Crippen LogP contribution in [0.15, 0.2) is 95.6 Å². The van der Waals surface area contributed by atoms with E-state index in [0.717, 1.165) is 11.3 Å². The summed E-state index contributed by atoms with van der Waals surface area (Å²) in [6.07, 6.45) is 1.49. The number of benzene rings is 3. The van der Waals surface area contributed by atoms with Gasteiger partial charge in [-0.1, -0.05) is 36.4 Å². The van der Waals surface area contributed by atoms with E-state index in [2.05, 4.69) is 10.2 Å². The van der Waals surface area contributed by atoms with Gasteiger partial charge in [0.1, 0.15) is 5.75 Å². The second-order valence-electron chi connectivity index (χ2n) is 9.82. The number of methoxy groups -OCH3 is 1. The fourth-order valence-electron chi connectivity index (χ4n) is 4.87. The number of rotatable bonds is 8. The lowest BCUT2D eigenvalue weighted by molar-refractivity contribution is 0.0712. The fourth-order valence-corrected chi connectivity index (χ4v) is 4.87. The van der Waals surface area contributed by atoms with Crippen molar-refractivity contribution in [2.75, 3.05) is 50.6 Å². The van der Waals surface area contributed by atoms with Gasteiger partial charge in [0, 0.05) is 56.7 Å². The first-order chi connectivity index (χ1) is 19.9. The Labute approximate surface area is 238 Å². The predicted molar refractivity (Wildman–Crippen MR) is 156 cm³/mol. The molecule has 1 N–H and O–H groups in total. The normalized spacial score (nSPS) is 13.0. The molecule has 4 aromatic rings. The molecule has 0 atom stereocenters. The van der Waals surface area contributed by atoms with Crippen LogP contribution >= 0.6 is 0 Å². The molecule has 2 heterocycles. The minimum atomic E-state index is -0.308. The van der Waals surface area contributed by atoms with E-state index in [4.69, 9.17) is 9.15 Å². The van der Waals surface area contributed by atoms with Gasteiger partial charge in [-0.2, -0.15) is 0 Å². The maximum Gasteiger partial charge on any atom is 0.289 e. The molecule has 1 aliphatic heterocycles. The summed E-state index contributed by atoms with van der Waals surface area (Å²) in [5.41, 5.74) is 3.18. The highest BCUT2D eigenvalue weighted by Gasteiger charge is 2.27. The minimum absolute atomic E-state index is 0.149. The topological polar surface area (TPSA) is 95.3 Å². The van der Waals surface area contributed by atoms with Crippen molar-refractivity contribution in [3.05, 3.63) is 114 Å². The van der Waals surface area contributed by atoms with E-state index >= 15 is 0 Å². The highest BCUT2D eigenvalue weighted by Crippen LogP contribution is 2.28.